The van der Waals surface area contributed by atoms with E-state index in [9.17, 15) is 13.2 Å². The summed E-state index contributed by atoms with van der Waals surface area (Å²) in [7, 11) is -1.90. The number of hydrogen-bond donors (Lipinski definition) is 1. The van der Waals surface area contributed by atoms with Crippen LogP contribution in [0, 0.1) is 11.8 Å². The molecule has 0 aromatic heterocycles. The van der Waals surface area contributed by atoms with Gasteiger partial charge in [-0.25, -0.2) is 8.42 Å². The van der Waals surface area contributed by atoms with Gasteiger partial charge in [0.25, 0.3) is 0 Å². The summed E-state index contributed by atoms with van der Waals surface area (Å²) >= 11 is 0. The minimum atomic E-state index is -3.37. The zero-order valence-corrected chi connectivity index (χ0v) is 14.1. The van der Waals surface area contributed by atoms with E-state index < -0.39 is 10.0 Å². The van der Waals surface area contributed by atoms with Crippen LogP contribution in [-0.4, -0.2) is 27.6 Å². The molecular formula is C15H24N2O3S. The Kier molecular flexibility index (Phi) is 5.78. The summed E-state index contributed by atoms with van der Waals surface area (Å²) in [6.07, 6.45) is 2.05. The van der Waals surface area contributed by atoms with Gasteiger partial charge in [0.1, 0.15) is 0 Å². The van der Waals surface area contributed by atoms with Gasteiger partial charge in [0.15, 0.2) is 0 Å². The molecule has 5 nitrogen and oxygen atoms in total. The molecule has 0 saturated carbocycles. The van der Waals surface area contributed by atoms with Crippen LogP contribution in [0.4, 0.5) is 11.4 Å². The Balaban J connectivity index is 3.03. The van der Waals surface area contributed by atoms with Crippen molar-refractivity contribution in [2.75, 3.05) is 22.9 Å². The van der Waals surface area contributed by atoms with Crippen molar-refractivity contribution in [3.05, 3.63) is 24.3 Å². The van der Waals surface area contributed by atoms with E-state index in [2.05, 4.69) is 5.32 Å². The van der Waals surface area contributed by atoms with Crippen LogP contribution in [-0.2, 0) is 14.8 Å². The van der Waals surface area contributed by atoms with Crippen molar-refractivity contribution in [3.63, 3.8) is 0 Å². The van der Waals surface area contributed by atoms with Crippen molar-refractivity contribution in [1.29, 1.82) is 0 Å². The predicted molar refractivity (Wildman–Crippen MR) is 86.9 cm³/mol. The van der Waals surface area contributed by atoms with Crippen LogP contribution in [0.2, 0.25) is 0 Å². The van der Waals surface area contributed by atoms with E-state index in [1.807, 2.05) is 20.8 Å². The molecule has 0 aliphatic carbocycles. The van der Waals surface area contributed by atoms with Gasteiger partial charge in [-0.1, -0.05) is 39.3 Å². The summed E-state index contributed by atoms with van der Waals surface area (Å²) in [5.74, 6) is 0.0371. The Morgan fingerprint density at radius 1 is 1.29 bits per heavy atom. The largest absolute Gasteiger partial charge is 0.324 e. The average Bonchev–Trinajstić information content (AvgIpc) is 2.44. The first-order valence-corrected chi connectivity index (χ1v) is 8.87. The molecule has 0 aliphatic heterocycles. The Hall–Kier alpha value is -1.56. The minimum absolute atomic E-state index is 0.0984. The number of nitrogens with zero attached hydrogens (tertiary/aromatic N) is 1. The van der Waals surface area contributed by atoms with E-state index in [4.69, 9.17) is 0 Å². The number of carbonyl (C=O) groups excluding carboxylic acids is 1. The normalized spacial score (nSPS) is 14.3. The fraction of sp³-hybridized carbons (Fsp3) is 0.533. The smallest absolute Gasteiger partial charge is 0.232 e. The fourth-order valence-corrected chi connectivity index (χ4v) is 2.41. The number of hydrogen-bond acceptors (Lipinski definition) is 3. The SMILES string of the molecule is CC[C@@H](C)[C@H](C)C(=O)Nc1ccccc1N(C)S(C)(=O)=O. The molecule has 21 heavy (non-hydrogen) atoms. The van der Waals surface area contributed by atoms with Gasteiger partial charge < -0.3 is 5.32 Å². The molecular weight excluding hydrogens is 288 g/mol. The van der Waals surface area contributed by atoms with Crippen molar-refractivity contribution in [1.82, 2.24) is 0 Å². The third kappa shape index (κ3) is 4.46. The van der Waals surface area contributed by atoms with E-state index in [0.717, 1.165) is 17.0 Å². The van der Waals surface area contributed by atoms with Gasteiger partial charge >= 0.3 is 0 Å². The van der Waals surface area contributed by atoms with Gasteiger partial charge in [-0.05, 0) is 18.1 Å². The van der Waals surface area contributed by atoms with Gasteiger partial charge in [0, 0.05) is 13.0 Å². The van der Waals surface area contributed by atoms with Gasteiger partial charge in [0.2, 0.25) is 15.9 Å². The maximum atomic E-state index is 12.3. The van der Waals surface area contributed by atoms with Crippen molar-refractivity contribution >= 4 is 27.3 Å². The Labute approximate surface area is 127 Å². The van der Waals surface area contributed by atoms with E-state index in [0.29, 0.717) is 11.4 Å². The molecule has 2 atom stereocenters. The molecule has 1 N–H and O–H groups in total. The molecule has 1 rings (SSSR count). The van der Waals surface area contributed by atoms with E-state index in [-0.39, 0.29) is 17.7 Å². The van der Waals surface area contributed by atoms with Gasteiger partial charge in [0.05, 0.1) is 17.6 Å². The number of carbonyl (C=O) groups is 1. The summed E-state index contributed by atoms with van der Waals surface area (Å²) in [5.41, 5.74) is 0.968. The second kappa shape index (κ2) is 6.93. The quantitative estimate of drug-likeness (QED) is 0.878. The van der Waals surface area contributed by atoms with Crippen molar-refractivity contribution in [3.8, 4) is 0 Å². The van der Waals surface area contributed by atoms with Gasteiger partial charge in [-0.2, -0.15) is 0 Å². The van der Waals surface area contributed by atoms with Crippen LogP contribution in [0.3, 0.4) is 0 Å². The van der Waals surface area contributed by atoms with Crippen LogP contribution in [0.25, 0.3) is 0 Å². The highest BCUT2D eigenvalue weighted by atomic mass is 32.2. The lowest BCUT2D eigenvalue weighted by Crippen LogP contribution is -2.29. The van der Waals surface area contributed by atoms with Crippen LogP contribution >= 0.6 is 0 Å². The van der Waals surface area contributed by atoms with Crippen molar-refractivity contribution in [2.24, 2.45) is 11.8 Å². The highest BCUT2D eigenvalue weighted by molar-refractivity contribution is 7.92. The first-order chi connectivity index (χ1) is 9.68. The first kappa shape index (κ1) is 17.5. The summed E-state index contributed by atoms with van der Waals surface area (Å²) in [5, 5.41) is 2.83. The lowest BCUT2D eigenvalue weighted by Gasteiger charge is -2.22. The third-order valence-corrected chi connectivity index (χ3v) is 5.10. The van der Waals surface area contributed by atoms with Crippen molar-refractivity contribution < 1.29 is 13.2 Å². The molecule has 0 heterocycles. The number of nitrogens with one attached hydrogen (secondary N) is 1. The number of rotatable bonds is 6. The molecule has 1 amide bonds. The van der Waals surface area contributed by atoms with E-state index in [1.54, 1.807) is 24.3 Å². The highest BCUT2D eigenvalue weighted by Gasteiger charge is 2.21. The maximum absolute atomic E-state index is 12.3. The lowest BCUT2D eigenvalue weighted by molar-refractivity contribution is -0.120. The third-order valence-electron chi connectivity index (χ3n) is 3.91. The molecule has 0 radical (unpaired) electrons. The van der Waals surface area contributed by atoms with Crippen LogP contribution in [0.15, 0.2) is 24.3 Å². The summed E-state index contributed by atoms with van der Waals surface area (Å²) in [4.78, 5) is 12.3. The zero-order valence-electron chi connectivity index (χ0n) is 13.3. The molecule has 0 fully saturated rings. The standard InChI is InChI=1S/C15H24N2O3S/c1-6-11(2)12(3)15(18)16-13-9-7-8-10-14(13)17(4)21(5,19)20/h7-12H,6H2,1-5H3,(H,16,18)/t11-,12+/m1/s1. The lowest BCUT2D eigenvalue weighted by atomic mass is 9.93. The number of para-hydroxylation sites is 2. The molecule has 118 valence electrons. The number of anilines is 2. The Morgan fingerprint density at radius 2 is 1.86 bits per heavy atom. The molecule has 0 saturated heterocycles. The highest BCUT2D eigenvalue weighted by Crippen LogP contribution is 2.27. The van der Waals surface area contributed by atoms with Gasteiger partial charge in [-0.15, -0.1) is 0 Å². The second-order valence-electron chi connectivity index (χ2n) is 5.41. The number of sulfonamides is 1. The second-order valence-corrected chi connectivity index (χ2v) is 7.42. The Morgan fingerprint density at radius 3 is 2.38 bits per heavy atom. The summed E-state index contributed by atoms with van der Waals surface area (Å²) < 4.78 is 24.5. The predicted octanol–water partition coefficient (Wildman–Crippen LogP) is 2.70. The van der Waals surface area contributed by atoms with E-state index in [1.165, 1.54) is 7.05 Å². The minimum Gasteiger partial charge on any atom is -0.324 e. The zero-order chi connectivity index (χ0) is 16.2. The summed E-state index contributed by atoms with van der Waals surface area (Å²) in [6, 6.07) is 6.89. The molecule has 0 unspecified atom stereocenters. The summed E-state index contributed by atoms with van der Waals surface area (Å²) in [6.45, 7) is 5.95. The maximum Gasteiger partial charge on any atom is 0.232 e. The first-order valence-electron chi connectivity index (χ1n) is 7.02. The average molecular weight is 312 g/mol. The molecule has 0 aliphatic rings. The molecule has 6 heteroatoms. The number of amides is 1. The van der Waals surface area contributed by atoms with Crippen LogP contribution < -0.4 is 9.62 Å². The molecule has 0 spiro atoms. The molecule has 1 aromatic carbocycles. The van der Waals surface area contributed by atoms with Crippen LogP contribution in [0.1, 0.15) is 27.2 Å². The van der Waals surface area contributed by atoms with E-state index >= 15 is 0 Å². The monoisotopic (exact) mass is 312 g/mol. The molecule has 1 aromatic rings. The van der Waals surface area contributed by atoms with Crippen LogP contribution in [0.5, 0.6) is 0 Å². The number of benzene rings is 1. The van der Waals surface area contributed by atoms with Gasteiger partial charge in [-0.3, -0.25) is 9.10 Å². The fourth-order valence-electron chi connectivity index (χ4n) is 1.89. The Bertz CT molecular complexity index is 599. The molecule has 0 bridgehead atoms. The van der Waals surface area contributed by atoms with Crippen molar-refractivity contribution in [2.45, 2.75) is 27.2 Å². The topological polar surface area (TPSA) is 66.5 Å².